The first-order chi connectivity index (χ1) is 14.5. The predicted octanol–water partition coefficient (Wildman–Crippen LogP) is 4.05. The zero-order valence-electron chi connectivity index (χ0n) is 16.9. The summed E-state index contributed by atoms with van der Waals surface area (Å²) in [6.07, 6.45) is 0.685. The Balaban J connectivity index is 1.85. The van der Waals surface area contributed by atoms with Gasteiger partial charge >= 0.3 is 6.09 Å². The molecule has 0 bridgehead atoms. The van der Waals surface area contributed by atoms with Gasteiger partial charge in [0.25, 0.3) is 5.92 Å². The molecule has 0 aromatic carbocycles. The maximum absolute atomic E-state index is 14.4. The number of hydrogen-bond donors (Lipinski definition) is 2. The smallest absolute Gasteiger partial charge is 0.416 e. The highest BCUT2D eigenvalue weighted by Crippen LogP contribution is 2.33. The van der Waals surface area contributed by atoms with Gasteiger partial charge in [0, 0.05) is 13.1 Å². The van der Waals surface area contributed by atoms with E-state index in [0.717, 1.165) is 11.1 Å². The van der Waals surface area contributed by atoms with Crippen molar-refractivity contribution in [1.29, 1.82) is 0 Å². The van der Waals surface area contributed by atoms with Crippen molar-refractivity contribution < 1.29 is 27.8 Å². The van der Waals surface area contributed by atoms with Crippen LogP contribution in [0.1, 0.15) is 44.5 Å². The van der Waals surface area contributed by atoms with Crippen LogP contribution in [0.2, 0.25) is 5.02 Å². The minimum atomic E-state index is -3.19. The minimum absolute atomic E-state index is 0.0330. The van der Waals surface area contributed by atoms with E-state index in [1.807, 2.05) is 0 Å². The van der Waals surface area contributed by atoms with E-state index in [2.05, 4.69) is 20.3 Å². The lowest BCUT2D eigenvalue weighted by molar-refractivity contribution is 0.0128. The Labute approximate surface area is 181 Å². The molecule has 0 spiro atoms. The Morgan fingerprint density at radius 1 is 1.42 bits per heavy atom. The second kappa shape index (κ2) is 8.83. The van der Waals surface area contributed by atoms with Crippen LogP contribution in [0.25, 0.3) is 0 Å². The van der Waals surface area contributed by atoms with E-state index in [1.54, 1.807) is 13.8 Å². The fourth-order valence-electron chi connectivity index (χ4n) is 3.12. The first-order valence-corrected chi connectivity index (χ1v) is 9.87. The summed E-state index contributed by atoms with van der Waals surface area (Å²) in [7, 11) is 0. The maximum atomic E-state index is 14.4. The Kier molecular flexibility index (Phi) is 6.56. The van der Waals surface area contributed by atoms with Gasteiger partial charge in [0.2, 0.25) is 5.95 Å². The summed E-state index contributed by atoms with van der Waals surface area (Å²) >= 11 is 5.94. The second-order valence-electron chi connectivity index (χ2n) is 7.21. The van der Waals surface area contributed by atoms with Gasteiger partial charge in [0.05, 0.1) is 23.4 Å². The summed E-state index contributed by atoms with van der Waals surface area (Å²) in [5, 5.41) is 12.8. The summed E-state index contributed by atoms with van der Waals surface area (Å²) in [4.78, 5) is 24.7. The van der Waals surface area contributed by atoms with E-state index in [0.29, 0.717) is 18.9 Å². The van der Waals surface area contributed by atoms with Crippen LogP contribution in [0, 0.1) is 5.82 Å². The average Bonchev–Trinajstić information content (AvgIpc) is 3.09. The summed E-state index contributed by atoms with van der Waals surface area (Å²) in [5.41, 5.74) is -0.0779. The number of carbonyl (C=O) groups excluding carboxylic acids is 1. The lowest BCUT2D eigenvalue weighted by atomic mass is 10.1. The van der Waals surface area contributed by atoms with Crippen molar-refractivity contribution in [2.75, 3.05) is 16.8 Å². The van der Waals surface area contributed by atoms with Crippen molar-refractivity contribution in [3.63, 3.8) is 0 Å². The number of rotatable bonds is 7. The molecular weight excluding hydrogens is 439 g/mol. The Morgan fingerprint density at radius 2 is 2.13 bits per heavy atom. The molecule has 3 rings (SSSR count). The molecule has 1 saturated heterocycles. The fourth-order valence-corrected chi connectivity index (χ4v) is 3.46. The highest BCUT2D eigenvalue weighted by atomic mass is 35.5. The molecule has 3 heterocycles. The minimum Gasteiger partial charge on any atom is -0.447 e. The van der Waals surface area contributed by atoms with E-state index in [9.17, 15) is 23.1 Å². The van der Waals surface area contributed by atoms with Crippen molar-refractivity contribution in [2.45, 2.75) is 51.3 Å². The Morgan fingerprint density at radius 3 is 2.74 bits per heavy atom. The first kappa shape index (κ1) is 23.0. The third-order valence-electron chi connectivity index (χ3n) is 4.85. The molecule has 1 aliphatic heterocycles. The number of carbonyl (C=O) groups is 1. The zero-order valence-corrected chi connectivity index (χ0v) is 17.7. The molecule has 2 aromatic rings. The molecule has 2 aromatic heterocycles. The summed E-state index contributed by atoms with van der Waals surface area (Å²) in [5.74, 6) is -4.44. The number of aliphatic hydroxyl groups excluding tert-OH is 1. The predicted molar refractivity (Wildman–Crippen MR) is 107 cm³/mol. The third-order valence-corrected chi connectivity index (χ3v) is 5.13. The van der Waals surface area contributed by atoms with E-state index in [1.165, 1.54) is 12.3 Å². The van der Waals surface area contributed by atoms with Gasteiger partial charge in [-0.2, -0.15) is 13.8 Å². The number of aromatic nitrogens is 3. The van der Waals surface area contributed by atoms with Crippen molar-refractivity contribution in [3.05, 3.63) is 40.6 Å². The topological polar surface area (TPSA) is 100 Å². The molecule has 0 aliphatic carbocycles. The number of pyridine rings is 1. The van der Waals surface area contributed by atoms with Crippen LogP contribution in [-0.4, -0.2) is 44.9 Å². The standard InChI is InChI=1S/C19H21ClF3N5O3/c1-4-14(29)13-8-31-18(30)28(13)16-12(21)7-25-17(27-16)26-9(2)10-5-11(20)15(24-6-10)19(3,22)23/h5-7,9,13-14,29H,4,8H2,1-3H3,(H,25,26,27)/t9-,13+,14+/m0/s1. The normalized spacial score (nSPS) is 18.6. The van der Waals surface area contributed by atoms with Gasteiger partial charge in [-0.05, 0) is 25.0 Å². The summed E-state index contributed by atoms with van der Waals surface area (Å²) in [6, 6.07) is 0.0124. The molecule has 0 unspecified atom stereocenters. The van der Waals surface area contributed by atoms with Gasteiger partial charge in [-0.1, -0.05) is 18.5 Å². The molecular formula is C19H21ClF3N5O3. The van der Waals surface area contributed by atoms with Crippen molar-refractivity contribution in [2.24, 2.45) is 0 Å². The van der Waals surface area contributed by atoms with Crippen LogP contribution in [0.5, 0.6) is 0 Å². The molecule has 3 atom stereocenters. The molecule has 1 aliphatic rings. The monoisotopic (exact) mass is 459 g/mol. The average molecular weight is 460 g/mol. The van der Waals surface area contributed by atoms with Crippen LogP contribution >= 0.6 is 11.6 Å². The molecule has 1 amide bonds. The number of cyclic esters (lactones) is 1. The molecule has 0 saturated carbocycles. The van der Waals surface area contributed by atoms with Gasteiger partial charge in [0.15, 0.2) is 11.6 Å². The Bertz CT molecular complexity index is 975. The fraction of sp³-hybridized carbons (Fsp3) is 0.474. The van der Waals surface area contributed by atoms with Crippen LogP contribution < -0.4 is 10.2 Å². The summed E-state index contributed by atoms with van der Waals surface area (Å²) in [6.45, 7) is 3.99. The SMILES string of the molecule is CC[C@@H](O)[C@H]1COC(=O)N1c1nc(N[C@@H](C)c2cnc(C(C)(F)F)c(Cl)c2)ncc1F. The van der Waals surface area contributed by atoms with Crippen LogP contribution in [0.3, 0.4) is 0 Å². The Hall–Kier alpha value is -2.66. The van der Waals surface area contributed by atoms with Crippen molar-refractivity contribution in [1.82, 2.24) is 15.0 Å². The van der Waals surface area contributed by atoms with Gasteiger partial charge in [-0.15, -0.1) is 0 Å². The van der Waals surface area contributed by atoms with Gasteiger partial charge in [-0.25, -0.2) is 19.1 Å². The van der Waals surface area contributed by atoms with Gasteiger partial charge < -0.3 is 15.2 Å². The van der Waals surface area contributed by atoms with Crippen LogP contribution in [0.4, 0.5) is 29.7 Å². The highest BCUT2D eigenvalue weighted by molar-refractivity contribution is 6.31. The number of amides is 1. The molecule has 1 fully saturated rings. The van der Waals surface area contributed by atoms with Crippen molar-refractivity contribution in [3.8, 4) is 0 Å². The summed E-state index contributed by atoms with van der Waals surface area (Å²) < 4.78 is 46.4. The van der Waals surface area contributed by atoms with Gasteiger partial charge in [0.1, 0.15) is 18.3 Å². The molecule has 8 nitrogen and oxygen atoms in total. The van der Waals surface area contributed by atoms with Crippen molar-refractivity contribution >= 4 is 29.5 Å². The number of ether oxygens (including phenoxy) is 1. The third kappa shape index (κ3) is 4.82. The first-order valence-electron chi connectivity index (χ1n) is 9.49. The number of nitrogens with one attached hydrogen (secondary N) is 1. The molecule has 12 heteroatoms. The molecule has 2 N–H and O–H groups in total. The number of alkyl halides is 2. The van der Waals surface area contributed by atoms with E-state index < -0.39 is 41.7 Å². The maximum Gasteiger partial charge on any atom is 0.416 e. The zero-order chi connectivity index (χ0) is 22.9. The van der Waals surface area contributed by atoms with Gasteiger partial charge in [-0.3, -0.25) is 4.98 Å². The number of anilines is 2. The van der Waals surface area contributed by atoms with Crippen LogP contribution in [0.15, 0.2) is 18.5 Å². The molecule has 31 heavy (non-hydrogen) atoms. The van der Waals surface area contributed by atoms with E-state index in [4.69, 9.17) is 16.3 Å². The number of nitrogens with zero attached hydrogens (tertiary/aromatic N) is 4. The lowest BCUT2D eigenvalue weighted by Gasteiger charge is -2.24. The highest BCUT2D eigenvalue weighted by Gasteiger charge is 2.40. The largest absolute Gasteiger partial charge is 0.447 e. The second-order valence-corrected chi connectivity index (χ2v) is 7.62. The van der Waals surface area contributed by atoms with E-state index in [-0.39, 0.29) is 23.4 Å². The van der Waals surface area contributed by atoms with Crippen LogP contribution in [-0.2, 0) is 10.7 Å². The molecule has 0 radical (unpaired) electrons. The van der Waals surface area contributed by atoms with E-state index >= 15 is 0 Å². The number of hydrogen-bond acceptors (Lipinski definition) is 7. The molecule has 168 valence electrons. The number of aliphatic hydroxyl groups is 1. The quantitative estimate of drug-likeness (QED) is 0.644. The number of halogens is 4. The lowest BCUT2D eigenvalue weighted by Crippen LogP contribution is -2.43.